The molecule has 0 unspecified atom stereocenters. The highest BCUT2D eigenvalue weighted by Crippen LogP contribution is 2.37. The Morgan fingerprint density at radius 1 is 1.33 bits per heavy atom. The fraction of sp³-hybridized carbons (Fsp3) is 0.450. The van der Waals surface area contributed by atoms with E-state index in [9.17, 15) is 4.79 Å². The van der Waals surface area contributed by atoms with Crippen LogP contribution in [0.2, 0.25) is 0 Å². The smallest absolute Gasteiger partial charge is 0.220 e. The van der Waals surface area contributed by atoms with Crippen LogP contribution < -0.4 is 10.1 Å². The standard InChI is InChI=1S/C20H22N4O2S/c1-12(14-7-19(25)21-8-14)26-18-6-13(5-17-20(18)27-11-22-17)15-9-23-24(10-15)16-3-2-4-16/h5-6,9-12,14,16H,2-4,7-8H2,1H3,(H,21,25)/t12-,14-/m1/s1. The number of thiazole rings is 1. The molecule has 0 spiro atoms. The second-order valence-electron chi connectivity index (χ2n) is 7.56. The Hall–Kier alpha value is -2.41. The fourth-order valence-electron chi connectivity index (χ4n) is 3.79. The predicted octanol–water partition coefficient (Wildman–Crippen LogP) is 3.79. The third-order valence-electron chi connectivity index (χ3n) is 5.77. The Bertz CT molecular complexity index is 991. The average Bonchev–Trinajstić information content (AvgIpc) is 3.33. The molecule has 2 aliphatic rings. The number of nitrogens with one attached hydrogen (secondary N) is 1. The largest absolute Gasteiger partial charge is 0.489 e. The summed E-state index contributed by atoms with van der Waals surface area (Å²) in [6.45, 7) is 2.72. The molecule has 3 heterocycles. The fourth-order valence-corrected chi connectivity index (χ4v) is 4.51. The van der Waals surface area contributed by atoms with Crippen molar-refractivity contribution < 1.29 is 9.53 Å². The molecule has 1 aromatic carbocycles. The third-order valence-corrected chi connectivity index (χ3v) is 6.62. The molecule has 1 amide bonds. The molecule has 140 valence electrons. The molecule has 1 aliphatic heterocycles. The molecule has 2 fully saturated rings. The molecule has 1 saturated carbocycles. The Labute approximate surface area is 161 Å². The molecular weight excluding hydrogens is 360 g/mol. The van der Waals surface area contributed by atoms with E-state index >= 15 is 0 Å². The van der Waals surface area contributed by atoms with Crippen LogP contribution >= 0.6 is 11.3 Å². The average molecular weight is 382 g/mol. The number of carbonyl (C=O) groups is 1. The zero-order valence-corrected chi connectivity index (χ0v) is 16.0. The van der Waals surface area contributed by atoms with Gasteiger partial charge in [-0.1, -0.05) is 0 Å². The number of aromatic nitrogens is 3. The number of fused-ring (bicyclic) bond motifs is 1. The second kappa shape index (κ2) is 6.64. The normalized spacial score (nSPS) is 21.2. The molecule has 0 bridgehead atoms. The van der Waals surface area contributed by atoms with Crippen LogP contribution in [-0.2, 0) is 4.79 Å². The van der Waals surface area contributed by atoms with Crippen LogP contribution in [0.1, 0.15) is 38.6 Å². The molecule has 0 radical (unpaired) electrons. The monoisotopic (exact) mass is 382 g/mol. The van der Waals surface area contributed by atoms with E-state index in [4.69, 9.17) is 4.74 Å². The van der Waals surface area contributed by atoms with E-state index in [1.165, 1.54) is 19.3 Å². The molecule has 3 aromatic rings. The van der Waals surface area contributed by atoms with E-state index in [0.717, 1.165) is 27.1 Å². The van der Waals surface area contributed by atoms with Crippen molar-refractivity contribution >= 4 is 27.5 Å². The van der Waals surface area contributed by atoms with Crippen molar-refractivity contribution in [1.29, 1.82) is 0 Å². The first-order valence-corrected chi connectivity index (χ1v) is 10.4. The van der Waals surface area contributed by atoms with Gasteiger partial charge < -0.3 is 10.1 Å². The highest BCUT2D eigenvalue weighted by molar-refractivity contribution is 7.17. The van der Waals surface area contributed by atoms with Crippen LogP contribution in [0.5, 0.6) is 5.75 Å². The first-order valence-electron chi connectivity index (χ1n) is 9.52. The molecule has 6 nitrogen and oxygen atoms in total. The van der Waals surface area contributed by atoms with Gasteiger partial charge in [-0.2, -0.15) is 5.10 Å². The Kier molecular flexibility index (Phi) is 4.11. The van der Waals surface area contributed by atoms with E-state index in [0.29, 0.717) is 19.0 Å². The van der Waals surface area contributed by atoms with Gasteiger partial charge in [-0.05, 0) is 43.9 Å². The van der Waals surface area contributed by atoms with Crippen molar-refractivity contribution in [2.75, 3.05) is 6.54 Å². The summed E-state index contributed by atoms with van der Waals surface area (Å²) < 4.78 is 9.45. The van der Waals surface area contributed by atoms with Gasteiger partial charge in [0.2, 0.25) is 5.91 Å². The molecule has 27 heavy (non-hydrogen) atoms. The van der Waals surface area contributed by atoms with Crippen LogP contribution in [0.4, 0.5) is 0 Å². The number of hydrogen-bond acceptors (Lipinski definition) is 5. The van der Waals surface area contributed by atoms with Gasteiger partial charge in [0.05, 0.1) is 28.0 Å². The van der Waals surface area contributed by atoms with E-state index in [2.05, 4.69) is 38.4 Å². The zero-order valence-electron chi connectivity index (χ0n) is 15.2. The number of amides is 1. The van der Waals surface area contributed by atoms with Crippen molar-refractivity contribution in [3.05, 3.63) is 30.0 Å². The second-order valence-corrected chi connectivity index (χ2v) is 8.41. The number of hydrogen-bond donors (Lipinski definition) is 1. The van der Waals surface area contributed by atoms with Gasteiger partial charge >= 0.3 is 0 Å². The predicted molar refractivity (Wildman–Crippen MR) is 105 cm³/mol. The van der Waals surface area contributed by atoms with Crippen molar-refractivity contribution in [2.45, 2.75) is 44.8 Å². The molecule has 1 aliphatic carbocycles. The van der Waals surface area contributed by atoms with Crippen LogP contribution in [0.15, 0.2) is 30.0 Å². The maximum absolute atomic E-state index is 11.5. The summed E-state index contributed by atoms with van der Waals surface area (Å²) in [6, 6.07) is 4.74. The van der Waals surface area contributed by atoms with E-state index < -0.39 is 0 Å². The van der Waals surface area contributed by atoms with Crippen molar-refractivity contribution in [2.24, 2.45) is 5.92 Å². The van der Waals surface area contributed by atoms with Gasteiger partial charge in [-0.15, -0.1) is 11.3 Å². The number of rotatable bonds is 5. The van der Waals surface area contributed by atoms with Gasteiger partial charge in [0, 0.05) is 30.6 Å². The van der Waals surface area contributed by atoms with Crippen LogP contribution in [0.3, 0.4) is 0 Å². The van der Waals surface area contributed by atoms with Crippen LogP contribution in [0.25, 0.3) is 21.3 Å². The van der Waals surface area contributed by atoms with Gasteiger partial charge in [-0.25, -0.2) is 4.98 Å². The summed E-state index contributed by atoms with van der Waals surface area (Å²) >= 11 is 1.59. The minimum Gasteiger partial charge on any atom is -0.489 e. The number of nitrogens with zero attached hydrogens (tertiary/aromatic N) is 3. The molecule has 1 N–H and O–H groups in total. The van der Waals surface area contributed by atoms with Gasteiger partial charge in [0.1, 0.15) is 11.9 Å². The summed E-state index contributed by atoms with van der Waals surface area (Å²) in [4.78, 5) is 16.0. The summed E-state index contributed by atoms with van der Waals surface area (Å²) in [5, 5.41) is 7.45. The first kappa shape index (κ1) is 16.7. The quantitative estimate of drug-likeness (QED) is 0.729. The van der Waals surface area contributed by atoms with Gasteiger partial charge in [0.15, 0.2) is 0 Å². The molecule has 5 rings (SSSR count). The van der Waals surface area contributed by atoms with Crippen molar-refractivity contribution in [3.8, 4) is 16.9 Å². The lowest BCUT2D eigenvalue weighted by Crippen LogP contribution is -2.25. The lowest BCUT2D eigenvalue weighted by Gasteiger charge is -2.25. The lowest BCUT2D eigenvalue weighted by molar-refractivity contribution is -0.119. The van der Waals surface area contributed by atoms with Crippen molar-refractivity contribution in [3.63, 3.8) is 0 Å². The number of carbonyl (C=O) groups excluding carboxylic acids is 1. The van der Waals surface area contributed by atoms with E-state index in [1.807, 2.05) is 18.6 Å². The lowest BCUT2D eigenvalue weighted by atomic mass is 9.93. The van der Waals surface area contributed by atoms with E-state index in [1.54, 1.807) is 11.3 Å². The summed E-state index contributed by atoms with van der Waals surface area (Å²) in [6.07, 6.45) is 8.27. The Morgan fingerprint density at radius 2 is 2.22 bits per heavy atom. The SMILES string of the molecule is C[C@@H](Oc1cc(-c2cnn(C3CCC3)c2)cc2ncsc12)[C@H]1CNC(=O)C1. The van der Waals surface area contributed by atoms with Crippen LogP contribution in [-0.4, -0.2) is 33.3 Å². The maximum atomic E-state index is 11.5. The first-order chi connectivity index (χ1) is 13.2. The van der Waals surface area contributed by atoms with Gasteiger partial charge in [0.25, 0.3) is 0 Å². The highest BCUT2D eigenvalue weighted by Gasteiger charge is 2.28. The third kappa shape index (κ3) is 3.10. The Balaban J connectivity index is 1.45. The van der Waals surface area contributed by atoms with Gasteiger partial charge in [-0.3, -0.25) is 9.48 Å². The molecular formula is C20H22N4O2S. The topological polar surface area (TPSA) is 69.0 Å². The van der Waals surface area contributed by atoms with Crippen LogP contribution in [0, 0.1) is 5.92 Å². The number of ether oxygens (including phenoxy) is 1. The summed E-state index contributed by atoms with van der Waals surface area (Å²) in [7, 11) is 0. The Morgan fingerprint density at radius 3 is 2.96 bits per heavy atom. The molecule has 7 heteroatoms. The molecule has 1 saturated heterocycles. The molecule has 2 atom stereocenters. The minimum atomic E-state index is -0.0396. The van der Waals surface area contributed by atoms with Crippen molar-refractivity contribution in [1.82, 2.24) is 20.1 Å². The number of benzene rings is 1. The zero-order chi connectivity index (χ0) is 18.4. The molecule has 2 aromatic heterocycles. The highest BCUT2D eigenvalue weighted by atomic mass is 32.1. The minimum absolute atomic E-state index is 0.0396. The summed E-state index contributed by atoms with van der Waals surface area (Å²) in [5.41, 5.74) is 4.95. The maximum Gasteiger partial charge on any atom is 0.220 e. The summed E-state index contributed by atoms with van der Waals surface area (Å²) in [5.74, 6) is 1.15. The van der Waals surface area contributed by atoms with E-state index in [-0.39, 0.29) is 17.9 Å².